The van der Waals surface area contributed by atoms with Gasteiger partial charge in [-0.15, -0.1) is 0 Å². The topological polar surface area (TPSA) is 56.8 Å². The molecule has 0 radical (unpaired) electrons. The van der Waals surface area contributed by atoms with Crippen LogP contribution in [0.25, 0.3) is 23.3 Å². The number of nitrogens with one attached hydrogen (secondary N) is 1. The zero-order chi connectivity index (χ0) is 27.2. The van der Waals surface area contributed by atoms with Gasteiger partial charge < -0.3 is 19.4 Å². The van der Waals surface area contributed by atoms with Crippen LogP contribution in [0.15, 0.2) is 78.3 Å². The highest BCUT2D eigenvalue weighted by Crippen LogP contribution is 2.44. The number of carbonyl (C=O) groups is 1. The Hall–Kier alpha value is -3.61. The number of hydrogen-bond acceptors (Lipinski definition) is 4. The minimum atomic E-state index is -0.575. The molecular formula is C33H34BNO4. The van der Waals surface area contributed by atoms with Gasteiger partial charge in [-0.1, -0.05) is 85.0 Å². The molecule has 1 N–H and O–H groups in total. The Morgan fingerprint density at radius 3 is 2.26 bits per heavy atom. The van der Waals surface area contributed by atoms with Crippen molar-refractivity contribution < 1.29 is 18.8 Å². The van der Waals surface area contributed by atoms with E-state index in [4.69, 9.17) is 14.0 Å². The molecule has 0 saturated carbocycles. The van der Waals surface area contributed by atoms with Crippen LogP contribution in [0.2, 0.25) is 0 Å². The van der Waals surface area contributed by atoms with Gasteiger partial charge in [0.05, 0.1) is 11.2 Å². The van der Waals surface area contributed by atoms with Gasteiger partial charge >= 0.3 is 13.2 Å². The zero-order valence-electron chi connectivity index (χ0n) is 23.0. The summed E-state index contributed by atoms with van der Waals surface area (Å²) in [5, 5.41) is 2.97. The zero-order valence-corrected chi connectivity index (χ0v) is 23.0. The maximum absolute atomic E-state index is 13.0. The summed E-state index contributed by atoms with van der Waals surface area (Å²) in [7, 11) is -0.575. The van der Waals surface area contributed by atoms with Crippen LogP contribution in [0.5, 0.6) is 0 Å². The summed E-state index contributed by atoms with van der Waals surface area (Å²) < 4.78 is 18.5. The lowest BCUT2D eigenvalue weighted by atomic mass is 9.76. The summed E-state index contributed by atoms with van der Waals surface area (Å²) in [5.41, 5.74) is 8.28. The molecule has 198 valence electrons. The summed E-state index contributed by atoms with van der Waals surface area (Å²) in [4.78, 5) is 13.0. The first-order chi connectivity index (χ1) is 18.7. The second-order valence-corrected chi connectivity index (χ2v) is 11.5. The number of carbonyl (C=O) groups excluding carboxylic acids is 1. The number of alkyl carbamates (subject to hydrolysis) is 1. The van der Waals surface area contributed by atoms with E-state index in [2.05, 4.69) is 66.0 Å². The number of benzene rings is 3. The lowest BCUT2D eigenvalue weighted by Gasteiger charge is -2.32. The van der Waals surface area contributed by atoms with Crippen molar-refractivity contribution in [1.82, 2.24) is 5.32 Å². The van der Waals surface area contributed by atoms with Crippen molar-refractivity contribution in [2.45, 2.75) is 51.2 Å². The predicted octanol–water partition coefficient (Wildman–Crippen LogP) is 6.81. The van der Waals surface area contributed by atoms with Crippen molar-refractivity contribution in [3.63, 3.8) is 0 Å². The highest BCUT2D eigenvalue weighted by atomic mass is 16.7. The lowest BCUT2D eigenvalue weighted by Crippen LogP contribution is -2.41. The Morgan fingerprint density at radius 1 is 0.949 bits per heavy atom. The molecule has 1 heterocycles. The Morgan fingerprint density at radius 2 is 1.59 bits per heavy atom. The highest BCUT2D eigenvalue weighted by Gasteiger charge is 2.52. The van der Waals surface area contributed by atoms with E-state index >= 15 is 0 Å². The number of amides is 1. The van der Waals surface area contributed by atoms with Crippen molar-refractivity contribution in [3.8, 4) is 11.1 Å². The van der Waals surface area contributed by atoms with Crippen LogP contribution in [0.1, 0.15) is 61.4 Å². The number of hydrogen-bond donors (Lipinski definition) is 1. The van der Waals surface area contributed by atoms with E-state index in [9.17, 15) is 4.79 Å². The average Bonchev–Trinajstić information content (AvgIpc) is 3.58. The summed E-state index contributed by atoms with van der Waals surface area (Å²) in [6, 6.07) is 23.0. The third-order valence-corrected chi connectivity index (χ3v) is 8.55. The fourth-order valence-corrected chi connectivity index (χ4v) is 5.67. The van der Waals surface area contributed by atoms with E-state index in [0.29, 0.717) is 0 Å². The van der Waals surface area contributed by atoms with E-state index in [1.54, 1.807) is 0 Å². The monoisotopic (exact) mass is 519 g/mol. The maximum atomic E-state index is 13.0. The smallest absolute Gasteiger partial charge is 0.449 e. The summed E-state index contributed by atoms with van der Waals surface area (Å²) in [6.45, 7) is 8.67. The Balaban J connectivity index is 1.19. The first-order valence-electron chi connectivity index (χ1n) is 13.7. The SMILES string of the molecule is CC1(C)OB(C(=Cc2cccc3c2CC=C3)CNC(=O)OCC2c3ccccc3-c3ccccc32)OC1(C)C. The molecule has 5 nitrogen and oxygen atoms in total. The fourth-order valence-electron chi connectivity index (χ4n) is 5.67. The predicted molar refractivity (Wildman–Crippen MR) is 156 cm³/mol. The molecule has 2 aliphatic carbocycles. The second kappa shape index (κ2) is 9.85. The summed E-state index contributed by atoms with van der Waals surface area (Å²) in [5.74, 6) is 0.0145. The van der Waals surface area contributed by atoms with Gasteiger partial charge in [0.25, 0.3) is 0 Å². The van der Waals surface area contributed by atoms with Crippen molar-refractivity contribution in [3.05, 3.63) is 106 Å². The van der Waals surface area contributed by atoms with Gasteiger partial charge in [-0.3, -0.25) is 0 Å². The molecule has 6 rings (SSSR count). The van der Waals surface area contributed by atoms with Gasteiger partial charge in [0, 0.05) is 12.5 Å². The van der Waals surface area contributed by atoms with Crippen LogP contribution >= 0.6 is 0 Å². The minimum Gasteiger partial charge on any atom is -0.449 e. The molecule has 1 aliphatic heterocycles. The largest absolute Gasteiger partial charge is 0.492 e. The van der Waals surface area contributed by atoms with Crippen molar-refractivity contribution in [2.24, 2.45) is 0 Å². The fraction of sp³-hybridized carbons (Fsp3) is 0.303. The molecule has 3 aliphatic rings. The van der Waals surface area contributed by atoms with Crippen LogP contribution in [-0.4, -0.2) is 37.6 Å². The quantitative estimate of drug-likeness (QED) is 0.364. The van der Waals surface area contributed by atoms with E-state index in [0.717, 1.165) is 17.5 Å². The Kier molecular flexibility index (Phi) is 6.48. The number of allylic oxidation sites excluding steroid dienone is 1. The molecular weight excluding hydrogens is 485 g/mol. The molecule has 0 aromatic heterocycles. The highest BCUT2D eigenvalue weighted by molar-refractivity contribution is 6.56. The molecule has 1 saturated heterocycles. The molecule has 0 atom stereocenters. The summed E-state index contributed by atoms with van der Waals surface area (Å²) in [6.07, 6.45) is 6.84. The molecule has 1 amide bonds. The molecule has 0 unspecified atom stereocenters. The van der Waals surface area contributed by atoms with Gasteiger partial charge in [-0.2, -0.15) is 0 Å². The molecule has 39 heavy (non-hydrogen) atoms. The van der Waals surface area contributed by atoms with Crippen molar-refractivity contribution in [1.29, 1.82) is 0 Å². The average molecular weight is 519 g/mol. The summed E-state index contributed by atoms with van der Waals surface area (Å²) >= 11 is 0. The van der Waals surface area contributed by atoms with E-state index in [1.807, 2.05) is 52.0 Å². The van der Waals surface area contributed by atoms with Crippen LogP contribution in [0.3, 0.4) is 0 Å². The standard InChI is InChI=1S/C33H34BNO4/c1-32(2)33(3,4)39-34(38-32)24(19-23-13-9-11-22-12-10-18-25(22)23)20-35-31(36)37-21-30-28-16-7-5-14-26(28)27-15-6-8-17-29(27)30/h5-17,19,30H,18,20-21H2,1-4H3,(H,35,36). The van der Waals surface area contributed by atoms with Gasteiger partial charge in [0.1, 0.15) is 6.61 Å². The third kappa shape index (κ3) is 4.73. The Labute approximate surface area is 231 Å². The maximum Gasteiger partial charge on any atom is 0.492 e. The third-order valence-electron chi connectivity index (χ3n) is 8.55. The number of rotatable bonds is 6. The Bertz CT molecular complexity index is 1430. The van der Waals surface area contributed by atoms with E-state index in [-0.39, 0.29) is 19.1 Å². The van der Waals surface area contributed by atoms with Crippen molar-refractivity contribution in [2.75, 3.05) is 13.2 Å². The van der Waals surface area contributed by atoms with Gasteiger partial charge in [-0.05, 0) is 78.5 Å². The lowest BCUT2D eigenvalue weighted by molar-refractivity contribution is 0.00578. The number of fused-ring (bicyclic) bond motifs is 4. The first-order valence-corrected chi connectivity index (χ1v) is 13.7. The van der Waals surface area contributed by atoms with Crippen molar-refractivity contribution >= 4 is 25.4 Å². The molecule has 3 aromatic carbocycles. The number of ether oxygens (including phenoxy) is 1. The van der Waals surface area contributed by atoms with Gasteiger partial charge in [0.2, 0.25) is 0 Å². The van der Waals surface area contributed by atoms with Gasteiger partial charge in [0.15, 0.2) is 0 Å². The molecule has 0 bridgehead atoms. The van der Waals surface area contributed by atoms with Crippen LogP contribution in [-0.2, 0) is 20.5 Å². The molecule has 6 heteroatoms. The minimum absolute atomic E-state index is 0.0145. The van der Waals surface area contributed by atoms with Crippen LogP contribution in [0.4, 0.5) is 4.79 Å². The van der Waals surface area contributed by atoms with Crippen LogP contribution in [0, 0.1) is 0 Å². The van der Waals surface area contributed by atoms with E-state index < -0.39 is 24.4 Å². The molecule has 1 fully saturated rings. The second-order valence-electron chi connectivity index (χ2n) is 11.5. The van der Waals surface area contributed by atoms with Crippen LogP contribution < -0.4 is 5.32 Å². The first kappa shape index (κ1) is 25.7. The molecule has 0 spiro atoms. The van der Waals surface area contributed by atoms with E-state index in [1.165, 1.54) is 33.4 Å². The normalized spacial score (nSPS) is 18.6. The van der Waals surface area contributed by atoms with Gasteiger partial charge in [-0.25, -0.2) is 4.79 Å². The molecule has 3 aromatic rings.